The van der Waals surface area contributed by atoms with E-state index in [0.717, 1.165) is 4.90 Å². The van der Waals surface area contributed by atoms with Crippen LogP contribution in [0.2, 0.25) is 0 Å². The molecular formula is C18H26N2O2S. The van der Waals surface area contributed by atoms with Crippen LogP contribution >= 0.6 is 11.8 Å². The van der Waals surface area contributed by atoms with Crippen molar-refractivity contribution < 1.29 is 9.59 Å². The fourth-order valence-electron chi connectivity index (χ4n) is 2.70. The number of carbonyl (C=O) groups excluding carboxylic acids is 2. The van der Waals surface area contributed by atoms with Crippen LogP contribution in [-0.4, -0.2) is 28.1 Å². The summed E-state index contributed by atoms with van der Waals surface area (Å²) in [6.07, 6.45) is 1.42. The lowest BCUT2D eigenvalue weighted by Gasteiger charge is -2.37. The highest BCUT2D eigenvalue weighted by Crippen LogP contribution is 2.33. The quantitative estimate of drug-likeness (QED) is 0.874. The van der Waals surface area contributed by atoms with Crippen molar-refractivity contribution in [2.24, 2.45) is 0 Å². The Morgan fingerprint density at radius 1 is 1.00 bits per heavy atom. The van der Waals surface area contributed by atoms with Crippen molar-refractivity contribution in [3.63, 3.8) is 0 Å². The third-order valence-corrected chi connectivity index (χ3v) is 5.70. The molecule has 126 valence electrons. The van der Waals surface area contributed by atoms with Crippen molar-refractivity contribution in [3.8, 4) is 0 Å². The highest BCUT2D eigenvalue weighted by Gasteiger charge is 2.36. The molecular weight excluding hydrogens is 308 g/mol. The summed E-state index contributed by atoms with van der Waals surface area (Å²) in [4.78, 5) is 25.8. The molecule has 2 amide bonds. The molecule has 23 heavy (non-hydrogen) atoms. The minimum atomic E-state index is -0.462. The van der Waals surface area contributed by atoms with Crippen molar-refractivity contribution in [3.05, 3.63) is 30.3 Å². The van der Waals surface area contributed by atoms with Gasteiger partial charge in [-0.1, -0.05) is 18.2 Å². The molecule has 1 aliphatic heterocycles. The monoisotopic (exact) mass is 334 g/mol. The topological polar surface area (TPSA) is 58.2 Å². The summed E-state index contributed by atoms with van der Waals surface area (Å²) in [6.45, 7) is 7.91. The van der Waals surface area contributed by atoms with Crippen LogP contribution < -0.4 is 10.6 Å². The summed E-state index contributed by atoms with van der Waals surface area (Å²) in [5, 5.41) is 6.14. The minimum absolute atomic E-state index is 0.0349. The van der Waals surface area contributed by atoms with E-state index in [1.54, 1.807) is 11.8 Å². The van der Waals surface area contributed by atoms with Crippen LogP contribution in [0.15, 0.2) is 35.2 Å². The molecule has 0 radical (unpaired) electrons. The average Bonchev–Trinajstić information content (AvgIpc) is 2.44. The Hall–Kier alpha value is -1.49. The smallest absolute Gasteiger partial charge is 0.221 e. The number of benzene rings is 1. The van der Waals surface area contributed by atoms with Gasteiger partial charge in [-0.15, -0.1) is 11.8 Å². The Bertz CT molecular complexity index is 570. The number of carbonyl (C=O) groups is 2. The van der Waals surface area contributed by atoms with E-state index in [9.17, 15) is 9.59 Å². The average molecular weight is 334 g/mol. The van der Waals surface area contributed by atoms with Crippen LogP contribution in [-0.2, 0) is 9.59 Å². The van der Waals surface area contributed by atoms with Gasteiger partial charge in [-0.05, 0) is 46.2 Å². The summed E-state index contributed by atoms with van der Waals surface area (Å²) >= 11 is 1.64. The van der Waals surface area contributed by atoms with Gasteiger partial charge in [0.1, 0.15) is 0 Å². The molecule has 4 nitrogen and oxygen atoms in total. The molecule has 1 saturated heterocycles. The zero-order valence-electron chi connectivity index (χ0n) is 14.3. The first-order valence-corrected chi connectivity index (χ1v) is 8.90. The zero-order valence-corrected chi connectivity index (χ0v) is 15.1. The van der Waals surface area contributed by atoms with Gasteiger partial charge >= 0.3 is 0 Å². The molecule has 1 aliphatic rings. The lowest BCUT2D eigenvalue weighted by Crippen LogP contribution is -2.55. The predicted molar refractivity (Wildman–Crippen MR) is 94.4 cm³/mol. The number of hydrogen-bond acceptors (Lipinski definition) is 3. The van der Waals surface area contributed by atoms with E-state index in [1.165, 1.54) is 0 Å². The van der Waals surface area contributed by atoms with Gasteiger partial charge in [0.25, 0.3) is 0 Å². The van der Waals surface area contributed by atoms with Crippen molar-refractivity contribution in [2.45, 2.75) is 68.2 Å². The van der Waals surface area contributed by atoms with Crippen LogP contribution in [0.3, 0.4) is 0 Å². The van der Waals surface area contributed by atoms with E-state index in [-0.39, 0.29) is 22.6 Å². The molecule has 2 rings (SSSR count). The molecule has 1 unspecified atom stereocenters. The number of hydrogen-bond donors (Lipinski definition) is 2. The first-order chi connectivity index (χ1) is 10.7. The molecule has 1 heterocycles. The highest BCUT2D eigenvalue weighted by atomic mass is 32.2. The number of rotatable bonds is 2. The van der Waals surface area contributed by atoms with E-state index >= 15 is 0 Å². The Kier molecular flexibility index (Phi) is 5.40. The van der Waals surface area contributed by atoms with Crippen LogP contribution in [0.5, 0.6) is 0 Å². The molecule has 1 aromatic carbocycles. The van der Waals surface area contributed by atoms with Gasteiger partial charge in [-0.2, -0.15) is 0 Å². The Balaban J connectivity index is 2.24. The predicted octanol–water partition coefficient (Wildman–Crippen LogP) is 3.12. The van der Waals surface area contributed by atoms with Crippen LogP contribution in [0.25, 0.3) is 0 Å². The van der Waals surface area contributed by atoms with E-state index in [4.69, 9.17) is 0 Å². The lowest BCUT2D eigenvalue weighted by atomic mass is 9.92. The number of amides is 2. The van der Waals surface area contributed by atoms with E-state index in [1.807, 2.05) is 58.0 Å². The molecule has 1 fully saturated rings. The number of nitrogens with one attached hydrogen (secondary N) is 2. The van der Waals surface area contributed by atoms with E-state index in [2.05, 4.69) is 10.6 Å². The standard InChI is InChI=1S/C18H26N2O2S/c1-17(2)11-10-15(21)20-18(3,4)14(12-16(22)19-17)23-13-8-6-5-7-9-13/h5-9,14H,10-12H2,1-4H3,(H,19,22)(H,20,21). The van der Waals surface area contributed by atoms with E-state index < -0.39 is 5.54 Å². The van der Waals surface area contributed by atoms with Gasteiger partial charge in [-0.3, -0.25) is 9.59 Å². The summed E-state index contributed by atoms with van der Waals surface area (Å²) in [5.74, 6) is 0.0746. The second-order valence-corrected chi connectivity index (χ2v) is 8.60. The molecule has 1 atom stereocenters. The van der Waals surface area contributed by atoms with Gasteiger partial charge < -0.3 is 10.6 Å². The van der Waals surface area contributed by atoms with Crippen molar-refractivity contribution in [1.29, 1.82) is 0 Å². The van der Waals surface area contributed by atoms with Gasteiger partial charge in [0.15, 0.2) is 0 Å². The second kappa shape index (κ2) is 6.95. The largest absolute Gasteiger partial charge is 0.351 e. The fraction of sp³-hybridized carbons (Fsp3) is 0.556. The maximum absolute atomic E-state index is 12.4. The van der Waals surface area contributed by atoms with Crippen LogP contribution in [0.4, 0.5) is 0 Å². The molecule has 0 saturated carbocycles. The molecule has 0 aliphatic carbocycles. The van der Waals surface area contributed by atoms with Crippen LogP contribution in [0.1, 0.15) is 47.0 Å². The molecule has 0 aromatic heterocycles. The van der Waals surface area contributed by atoms with Gasteiger partial charge in [0, 0.05) is 34.1 Å². The highest BCUT2D eigenvalue weighted by molar-refractivity contribution is 8.00. The third kappa shape index (κ3) is 5.27. The first kappa shape index (κ1) is 17.9. The Morgan fingerprint density at radius 3 is 2.30 bits per heavy atom. The summed E-state index contributed by atoms with van der Waals surface area (Å²) in [6, 6.07) is 10.0. The fourth-order valence-corrected chi connectivity index (χ4v) is 3.93. The SMILES string of the molecule is CC1(C)CCC(=O)NC(C)(C)C(Sc2ccccc2)CC(=O)N1. The lowest BCUT2D eigenvalue weighted by molar-refractivity contribution is -0.127. The Labute approximate surface area is 142 Å². The first-order valence-electron chi connectivity index (χ1n) is 8.02. The molecule has 0 spiro atoms. The van der Waals surface area contributed by atoms with Gasteiger partial charge in [-0.25, -0.2) is 0 Å². The van der Waals surface area contributed by atoms with Gasteiger partial charge in [0.2, 0.25) is 11.8 Å². The summed E-state index contributed by atoms with van der Waals surface area (Å²) in [5.41, 5.74) is -0.825. The molecule has 0 bridgehead atoms. The van der Waals surface area contributed by atoms with Crippen molar-refractivity contribution in [2.75, 3.05) is 0 Å². The second-order valence-electron chi connectivity index (χ2n) is 7.33. The van der Waals surface area contributed by atoms with E-state index in [0.29, 0.717) is 19.3 Å². The van der Waals surface area contributed by atoms with Crippen molar-refractivity contribution in [1.82, 2.24) is 10.6 Å². The minimum Gasteiger partial charge on any atom is -0.351 e. The van der Waals surface area contributed by atoms with Gasteiger partial charge in [0.05, 0.1) is 0 Å². The molecule has 5 heteroatoms. The summed E-state index contributed by atoms with van der Waals surface area (Å²) < 4.78 is 0. The maximum atomic E-state index is 12.4. The zero-order chi connectivity index (χ0) is 17.1. The normalized spacial score (nSPS) is 24.4. The maximum Gasteiger partial charge on any atom is 0.221 e. The molecule has 2 N–H and O–H groups in total. The van der Waals surface area contributed by atoms with Crippen LogP contribution in [0, 0.1) is 0 Å². The Morgan fingerprint density at radius 2 is 1.65 bits per heavy atom. The van der Waals surface area contributed by atoms with Crippen molar-refractivity contribution >= 4 is 23.6 Å². The molecule has 1 aromatic rings. The third-order valence-electron chi connectivity index (χ3n) is 4.11. The summed E-state index contributed by atoms with van der Waals surface area (Å²) in [7, 11) is 0. The number of thioether (sulfide) groups is 1.